The first-order valence-corrected chi connectivity index (χ1v) is 6.83. The Morgan fingerprint density at radius 2 is 1.88 bits per heavy atom. The van der Waals surface area contributed by atoms with Gasteiger partial charge in [-0.05, 0) is 12.1 Å². The molecule has 0 atom stereocenters. The average molecular weight is 252 g/mol. The maximum Gasteiger partial charge on any atom is 0.294 e. The highest BCUT2D eigenvalue weighted by Crippen LogP contribution is 2.22. The normalized spacial score (nSPS) is 11.4. The lowest BCUT2D eigenvalue weighted by Crippen LogP contribution is -1.96. The van der Waals surface area contributed by atoms with Gasteiger partial charge in [-0.1, -0.05) is 12.1 Å². The molecular weight excluding hydrogens is 240 g/mol. The molecule has 0 saturated heterocycles. The molecule has 6 heteroatoms. The van der Waals surface area contributed by atoms with E-state index in [0.29, 0.717) is 16.6 Å². The highest BCUT2D eigenvalue weighted by molar-refractivity contribution is 7.90. The Morgan fingerprint density at radius 1 is 1.24 bits per heavy atom. The van der Waals surface area contributed by atoms with Crippen LogP contribution in [-0.4, -0.2) is 26.7 Å². The van der Waals surface area contributed by atoms with E-state index in [4.69, 9.17) is 4.42 Å². The van der Waals surface area contributed by atoms with Gasteiger partial charge < -0.3 is 9.73 Å². The zero-order chi connectivity index (χ0) is 12.5. The van der Waals surface area contributed by atoms with Crippen molar-refractivity contribution in [1.82, 2.24) is 4.98 Å². The molecule has 1 N–H and O–H groups in total. The molecule has 1 aromatic heterocycles. The van der Waals surface area contributed by atoms with Crippen molar-refractivity contribution in [2.24, 2.45) is 0 Å². The summed E-state index contributed by atoms with van der Waals surface area (Å²) in [6.45, 7) is 0. The van der Waals surface area contributed by atoms with Crippen LogP contribution in [0, 0.1) is 0 Å². The van der Waals surface area contributed by atoms with Crippen LogP contribution in [0.2, 0.25) is 0 Å². The van der Waals surface area contributed by atoms with E-state index in [1.807, 2.05) is 0 Å². The lowest BCUT2D eigenvalue weighted by Gasteiger charge is -1.99. The van der Waals surface area contributed by atoms with Crippen LogP contribution in [0.15, 0.2) is 39.8 Å². The molecule has 0 radical (unpaired) electrons. The first-order valence-electron chi connectivity index (χ1n) is 4.94. The number of nitrogens with one attached hydrogen (secondary N) is 1. The zero-order valence-electron chi connectivity index (χ0n) is 9.47. The van der Waals surface area contributed by atoms with Gasteiger partial charge in [0.25, 0.3) is 6.01 Å². The summed E-state index contributed by atoms with van der Waals surface area (Å²) >= 11 is 0. The van der Waals surface area contributed by atoms with Gasteiger partial charge in [0.15, 0.2) is 9.84 Å². The molecule has 1 aromatic carbocycles. The standard InChI is InChI=1S/C11H12N2O3S/c1-12-11-13-10(7-16-11)8-3-5-9(6-4-8)17(2,14)15/h3-7H,1-2H3,(H,12,13). The average Bonchev–Trinajstić information content (AvgIpc) is 2.76. The van der Waals surface area contributed by atoms with Crippen LogP contribution in [0.25, 0.3) is 11.3 Å². The third kappa shape index (κ3) is 2.47. The van der Waals surface area contributed by atoms with E-state index in [2.05, 4.69) is 10.3 Å². The van der Waals surface area contributed by atoms with Crippen molar-refractivity contribution < 1.29 is 12.8 Å². The second-order valence-corrected chi connectivity index (χ2v) is 5.60. The lowest BCUT2D eigenvalue weighted by molar-refractivity contribution is 0.576. The minimum Gasteiger partial charge on any atom is -0.432 e. The molecule has 0 amide bonds. The summed E-state index contributed by atoms with van der Waals surface area (Å²) in [5.41, 5.74) is 1.47. The van der Waals surface area contributed by atoms with E-state index < -0.39 is 9.84 Å². The summed E-state index contributed by atoms with van der Waals surface area (Å²) in [6, 6.07) is 6.94. The Bertz CT molecular complexity index is 614. The molecule has 2 aromatic rings. The molecule has 0 aliphatic carbocycles. The van der Waals surface area contributed by atoms with Gasteiger partial charge in [-0.2, -0.15) is 4.98 Å². The largest absolute Gasteiger partial charge is 0.432 e. The number of nitrogens with zero attached hydrogens (tertiary/aromatic N) is 1. The highest BCUT2D eigenvalue weighted by Gasteiger charge is 2.09. The molecule has 0 saturated carbocycles. The maximum absolute atomic E-state index is 11.3. The van der Waals surface area contributed by atoms with E-state index in [0.717, 1.165) is 5.56 Å². The zero-order valence-corrected chi connectivity index (χ0v) is 10.3. The van der Waals surface area contributed by atoms with Crippen molar-refractivity contribution in [3.63, 3.8) is 0 Å². The van der Waals surface area contributed by atoms with E-state index in [-0.39, 0.29) is 0 Å². The van der Waals surface area contributed by atoms with Crippen molar-refractivity contribution in [2.75, 3.05) is 18.6 Å². The Kier molecular flexibility index (Phi) is 2.89. The van der Waals surface area contributed by atoms with Gasteiger partial charge in [-0.25, -0.2) is 8.42 Å². The quantitative estimate of drug-likeness (QED) is 0.901. The molecule has 1 heterocycles. The van der Waals surface area contributed by atoms with Gasteiger partial charge in [0.2, 0.25) is 0 Å². The van der Waals surface area contributed by atoms with Crippen LogP contribution in [0.1, 0.15) is 0 Å². The first kappa shape index (κ1) is 11.7. The molecule has 0 spiro atoms. The summed E-state index contributed by atoms with van der Waals surface area (Å²) in [5.74, 6) is 0. The summed E-state index contributed by atoms with van der Waals surface area (Å²) in [6.07, 6.45) is 2.69. The van der Waals surface area contributed by atoms with Crippen LogP contribution >= 0.6 is 0 Å². The minimum atomic E-state index is -3.16. The fourth-order valence-corrected chi connectivity index (χ4v) is 2.02. The second kappa shape index (κ2) is 4.21. The fourth-order valence-electron chi connectivity index (χ4n) is 1.39. The first-order chi connectivity index (χ1) is 8.00. The van der Waals surface area contributed by atoms with Gasteiger partial charge in [-0.15, -0.1) is 0 Å². The lowest BCUT2D eigenvalue weighted by atomic mass is 10.2. The molecule has 0 bridgehead atoms. The van der Waals surface area contributed by atoms with Gasteiger partial charge in [-0.3, -0.25) is 0 Å². The van der Waals surface area contributed by atoms with Crippen molar-refractivity contribution in [1.29, 1.82) is 0 Å². The molecule has 2 rings (SSSR count). The number of rotatable bonds is 3. The second-order valence-electron chi connectivity index (χ2n) is 3.58. The van der Waals surface area contributed by atoms with E-state index in [9.17, 15) is 8.42 Å². The van der Waals surface area contributed by atoms with Gasteiger partial charge in [0.1, 0.15) is 12.0 Å². The molecule has 0 fully saturated rings. The highest BCUT2D eigenvalue weighted by atomic mass is 32.2. The van der Waals surface area contributed by atoms with Gasteiger partial charge >= 0.3 is 0 Å². The maximum atomic E-state index is 11.3. The summed E-state index contributed by atoms with van der Waals surface area (Å²) in [7, 11) is -1.45. The number of oxazole rings is 1. The fraction of sp³-hybridized carbons (Fsp3) is 0.182. The number of anilines is 1. The third-order valence-corrected chi connectivity index (χ3v) is 3.42. The van der Waals surface area contributed by atoms with E-state index in [1.165, 1.54) is 12.5 Å². The Morgan fingerprint density at radius 3 is 2.35 bits per heavy atom. The van der Waals surface area contributed by atoms with Crippen LogP contribution in [0.4, 0.5) is 6.01 Å². The van der Waals surface area contributed by atoms with Crippen molar-refractivity contribution >= 4 is 15.9 Å². The molecule has 17 heavy (non-hydrogen) atoms. The van der Waals surface area contributed by atoms with E-state index in [1.54, 1.807) is 31.3 Å². The predicted octanol–water partition coefficient (Wildman–Crippen LogP) is 1.79. The molecule has 0 aliphatic rings. The molecule has 5 nitrogen and oxygen atoms in total. The van der Waals surface area contributed by atoms with Crippen LogP contribution < -0.4 is 5.32 Å². The minimum absolute atomic E-state index is 0.290. The Labute approximate surface area is 99.4 Å². The number of benzene rings is 1. The van der Waals surface area contributed by atoms with Crippen LogP contribution in [0.5, 0.6) is 0 Å². The van der Waals surface area contributed by atoms with Crippen molar-refractivity contribution in [3.8, 4) is 11.3 Å². The number of hydrogen-bond donors (Lipinski definition) is 1. The molecule has 0 aliphatic heterocycles. The molecular formula is C11H12N2O3S. The monoisotopic (exact) mass is 252 g/mol. The molecule has 0 unspecified atom stereocenters. The van der Waals surface area contributed by atoms with Crippen molar-refractivity contribution in [2.45, 2.75) is 4.90 Å². The van der Waals surface area contributed by atoms with Crippen LogP contribution in [0.3, 0.4) is 0 Å². The summed E-state index contributed by atoms with van der Waals surface area (Å²) in [5, 5.41) is 2.78. The topological polar surface area (TPSA) is 72.2 Å². The smallest absolute Gasteiger partial charge is 0.294 e. The summed E-state index contributed by atoms with van der Waals surface area (Å²) < 4.78 is 27.7. The summed E-state index contributed by atoms with van der Waals surface area (Å²) in [4.78, 5) is 4.45. The van der Waals surface area contributed by atoms with Gasteiger partial charge in [0.05, 0.1) is 4.90 Å². The predicted molar refractivity (Wildman–Crippen MR) is 64.6 cm³/mol. The third-order valence-electron chi connectivity index (χ3n) is 2.30. The number of sulfone groups is 1. The Hall–Kier alpha value is -1.82. The SMILES string of the molecule is CNc1nc(-c2ccc(S(C)(=O)=O)cc2)co1. The molecule has 90 valence electrons. The Balaban J connectivity index is 2.35. The van der Waals surface area contributed by atoms with E-state index >= 15 is 0 Å². The van der Waals surface area contributed by atoms with Gasteiger partial charge in [0, 0.05) is 18.9 Å². The number of aromatic nitrogens is 1. The van der Waals surface area contributed by atoms with Crippen molar-refractivity contribution in [3.05, 3.63) is 30.5 Å². The number of hydrogen-bond acceptors (Lipinski definition) is 5. The van der Waals surface area contributed by atoms with Crippen LogP contribution in [-0.2, 0) is 9.84 Å².